The Morgan fingerprint density at radius 1 is 0.788 bits per heavy atom. The zero-order valence-corrected chi connectivity index (χ0v) is 20.5. The number of hydrogen-bond donors (Lipinski definition) is 1. The van der Waals surface area contributed by atoms with Crippen LogP contribution in [0.25, 0.3) is 0 Å². The highest BCUT2D eigenvalue weighted by molar-refractivity contribution is 5.43. The number of hydrogen-bond acceptors (Lipinski definition) is 4. The van der Waals surface area contributed by atoms with E-state index in [0.717, 1.165) is 43.1 Å². The topological polar surface area (TPSA) is 47.7 Å². The van der Waals surface area contributed by atoms with Crippen LogP contribution < -0.4 is 15.2 Å². The van der Waals surface area contributed by atoms with Crippen molar-refractivity contribution in [2.75, 3.05) is 20.2 Å². The van der Waals surface area contributed by atoms with Crippen molar-refractivity contribution in [3.63, 3.8) is 0 Å². The van der Waals surface area contributed by atoms with Gasteiger partial charge in [0.2, 0.25) is 0 Å². The van der Waals surface area contributed by atoms with Crippen molar-refractivity contribution in [1.82, 2.24) is 4.90 Å². The number of benzene rings is 3. The molecule has 0 unspecified atom stereocenters. The molecule has 0 atom stereocenters. The first-order valence-corrected chi connectivity index (χ1v) is 11.7. The van der Waals surface area contributed by atoms with Crippen molar-refractivity contribution in [2.24, 2.45) is 5.73 Å². The highest BCUT2D eigenvalue weighted by Crippen LogP contribution is 2.30. The van der Waals surface area contributed by atoms with Crippen molar-refractivity contribution in [3.8, 4) is 11.5 Å². The van der Waals surface area contributed by atoms with E-state index in [2.05, 4.69) is 74.2 Å². The lowest BCUT2D eigenvalue weighted by atomic mass is 9.87. The third-order valence-corrected chi connectivity index (χ3v) is 5.78. The van der Waals surface area contributed by atoms with Gasteiger partial charge in [-0.2, -0.15) is 0 Å². The monoisotopic (exact) mass is 446 g/mol. The zero-order valence-electron chi connectivity index (χ0n) is 20.5. The molecule has 3 aromatic rings. The largest absolute Gasteiger partial charge is 0.493 e. The van der Waals surface area contributed by atoms with Gasteiger partial charge in [0.25, 0.3) is 0 Å². The summed E-state index contributed by atoms with van der Waals surface area (Å²) in [7, 11) is 1.69. The lowest BCUT2D eigenvalue weighted by Crippen LogP contribution is -2.25. The number of nitrogens with two attached hydrogens (primary N) is 1. The predicted molar refractivity (Wildman–Crippen MR) is 137 cm³/mol. The van der Waals surface area contributed by atoms with Crippen LogP contribution in [-0.2, 0) is 25.1 Å². The summed E-state index contributed by atoms with van der Waals surface area (Å²) < 4.78 is 11.7. The number of rotatable bonds is 11. The molecule has 2 N–H and O–H groups in total. The molecule has 0 amide bonds. The number of nitrogens with zero attached hydrogens (tertiary/aromatic N) is 1. The van der Waals surface area contributed by atoms with Crippen LogP contribution in [0.1, 0.15) is 49.4 Å². The van der Waals surface area contributed by atoms with E-state index in [1.807, 2.05) is 24.3 Å². The van der Waals surface area contributed by atoms with Gasteiger partial charge in [0.15, 0.2) is 11.5 Å². The number of ether oxygens (including phenoxy) is 2. The second kappa shape index (κ2) is 11.9. The molecular formula is C29H38N2O2. The lowest BCUT2D eigenvalue weighted by Gasteiger charge is -2.24. The van der Waals surface area contributed by atoms with Crippen molar-refractivity contribution >= 4 is 0 Å². The van der Waals surface area contributed by atoms with Gasteiger partial charge in [-0.15, -0.1) is 0 Å². The predicted octanol–water partition coefficient (Wildman–Crippen LogP) is 5.92. The summed E-state index contributed by atoms with van der Waals surface area (Å²) in [6.07, 6.45) is 0.968. The van der Waals surface area contributed by atoms with Gasteiger partial charge < -0.3 is 15.2 Å². The molecule has 0 saturated carbocycles. The molecule has 0 bridgehead atoms. The summed E-state index contributed by atoms with van der Waals surface area (Å²) in [5, 5.41) is 0. The molecule has 0 aromatic heterocycles. The Morgan fingerprint density at radius 2 is 1.45 bits per heavy atom. The second-order valence-corrected chi connectivity index (χ2v) is 9.56. The van der Waals surface area contributed by atoms with Crippen molar-refractivity contribution in [2.45, 2.75) is 52.3 Å². The van der Waals surface area contributed by atoms with Crippen LogP contribution in [0.3, 0.4) is 0 Å². The van der Waals surface area contributed by atoms with Crippen LogP contribution in [0, 0.1) is 0 Å². The summed E-state index contributed by atoms with van der Waals surface area (Å²) >= 11 is 0. The van der Waals surface area contributed by atoms with Crippen molar-refractivity contribution < 1.29 is 9.47 Å². The van der Waals surface area contributed by atoms with Gasteiger partial charge in [0.1, 0.15) is 6.61 Å². The fourth-order valence-electron chi connectivity index (χ4n) is 3.82. The van der Waals surface area contributed by atoms with Gasteiger partial charge >= 0.3 is 0 Å². The minimum absolute atomic E-state index is 0.165. The van der Waals surface area contributed by atoms with Crippen LogP contribution >= 0.6 is 0 Å². The Hall–Kier alpha value is -2.82. The molecule has 0 fully saturated rings. The molecule has 0 aliphatic carbocycles. The van der Waals surface area contributed by atoms with Gasteiger partial charge in [-0.3, -0.25) is 4.90 Å². The molecule has 3 aromatic carbocycles. The summed E-state index contributed by atoms with van der Waals surface area (Å²) in [6, 6.07) is 25.4. The number of methoxy groups -OCH3 is 1. The molecule has 0 saturated heterocycles. The first-order valence-electron chi connectivity index (χ1n) is 11.7. The zero-order chi connectivity index (χ0) is 23.7. The Bertz CT molecular complexity index is 979. The first kappa shape index (κ1) is 24.8. The van der Waals surface area contributed by atoms with E-state index >= 15 is 0 Å². The van der Waals surface area contributed by atoms with Gasteiger partial charge in [-0.1, -0.05) is 81.4 Å². The Labute approximate surface area is 199 Å². The van der Waals surface area contributed by atoms with E-state index in [9.17, 15) is 0 Å². The van der Waals surface area contributed by atoms with Crippen molar-refractivity contribution in [1.29, 1.82) is 0 Å². The smallest absolute Gasteiger partial charge is 0.161 e. The average molecular weight is 447 g/mol. The Kier molecular flexibility index (Phi) is 8.93. The second-order valence-electron chi connectivity index (χ2n) is 9.56. The summed E-state index contributed by atoms with van der Waals surface area (Å²) in [5.41, 5.74) is 11.0. The first-order chi connectivity index (χ1) is 15.9. The highest BCUT2D eigenvalue weighted by atomic mass is 16.5. The quantitative estimate of drug-likeness (QED) is 0.397. The molecule has 4 nitrogen and oxygen atoms in total. The maximum atomic E-state index is 6.02. The maximum Gasteiger partial charge on any atom is 0.161 e. The minimum Gasteiger partial charge on any atom is -0.493 e. The normalized spacial score (nSPS) is 11.6. The van der Waals surface area contributed by atoms with Gasteiger partial charge in [0.05, 0.1) is 7.11 Å². The Balaban J connectivity index is 1.68. The SMILES string of the molecule is COc1cc(CN(CCCN)Cc2ccc(C(C)(C)C)cc2)ccc1OCc1ccccc1. The third-order valence-electron chi connectivity index (χ3n) is 5.78. The van der Waals surface area contributed by atoms with E-state index in [4.69, 9.17) is 15.2 Å². The van der Waals surface area contributed by atoms with Gasteiger partial charge in [-0.05, 0) is 52.8 Å². The Morgan fingerprint density at radius 3 is 2.09 bits per heavy atom. The van der Waals surface area contributed by atoms with Crippen LogP contribution in [0.4, 0.5) is 0 Å². The van der Waals surface area contributed by atoms with Crippen LogP contribution in [-0.4, -0.2) is 25.1 Å². The van der Waals surface area contributed by atoms with Crippen molar-refractivity contribution in [3.05, 3.63) is 95.1 Å². The molecular weight excluding hydrogens is 408 g/mol. The standard InChI is InChI=1S/C29H38N2O2/c1-29(2,3)26-14-11-23(12-15-26)20-31(18-8-17-30)21-25-13-16-27(28(19-25)32-4)33-22-24-9-6-5-7-10-24/h5-7,9-16,19H,8,17-18,20-22,30H2,1-4H3. The molecule has 3 rings (SSSR count). The average Bonchev–Trinajstić information content (AvgIpc) is 2.82. The third kappa shape index (κ3) is 7.62. The van der Waals surface area contributed by atoms with E-state index < -0.39 is 0 Å². The fraction of sp³-hybridized carbons (Fsp3) is 0.379. The summed E-state index contributed by atoms with van der Waals surface area (Å²) in [6.45, 7) is 10.6. The lowest BCUT2D eigenvalue weighted by molar-refractivity contribution is 0.253. The fourth-order valence-corrected chi connectivity index (χ4v) is 3.82. The van der Waals surface area contributed by atoms with E-state index in [-0.39, 0.29) is 5.41 Å². The van der Waals surface area contributed by atoms with E-state index in [1.54, 1.807) is 7.11 Å². The van der Waals surface area contributed by atoms with Gasteiger partial charge in [-0.25, -0.2) is 0 Å². The summed E-state index contributed by atoms with van der Waals surface area (Å²) in [4.78, 5) is 2.44. The molecule has 4 heteroatoms. The molecule has 0 aliphatic heterocycles. The summed E-state index contributed by atoms with van der Waals surface area (Å²) in [5.74, 6) is 1.52. The maximum absolute atomic E-state index is 6.02. The molecule has 33 heavy (non-hydrogen) atoms. The van der Waals surface area contributed by atoms with Gasteiger partial charge in [0, 0.05) is 19.6 Å². The van der Waals surface area contributed by atoms with Crippen LogP contribution in [0.2, 0.25) is 0 Å². The minimum atomic E-state index is 0.165. The van der Waals surface area contributed by atoms with Crippen LogP contribution in [0.15, 0.2) is 72.8 Å². The van der Waals surface area contributed by atoms with Crippen LogP contribution in [0.5, 0.6) is 11.5 Å². The van der Waals surface area contributed by atoms with E-state index in [1.165, 1.54) is 16.7 Å². The molecule has 0 radical (unpaired) electrons. The molecule has 0 spiro atoms. The highest BCUT2D eigenvalue weighted by Gasteiger charge is 2.14. The molecule has 176 valence electrons. The molecule has 0 heterocycles. The molecule has 0 aliphatic rings. The van der Waals surface area contributed by atoms with E-state index in [0.29, 0.717) is 13.2 Å².